The molecule has 27 heavy (non-hydrogen) atoms. The molecule has 0 radical (unpaired) electrons. The summed E-state index contributed by atoms with van der Waals surface area (Å²) in [7, 11) is 0. The zero-order chi connectivity index (χ0) is 19.2. The molecule has 1 aliphatic heterocycles. The highest BCUT2D eigenvalue weighted by atomic mass is 19.1. The largest absolute Gasteiger partial charge is 0.351 e. The van der Waals surface area contributed by atoms with Gasteiger partial charge in [-0.05, 0) is 41.7 Å². The van der Waals surface area contributed by atoms with Gasteiger partial charge in [0.2, 0.25) is 11.8 Å². The first-order valence-electron chi connectivity index (χ1n) is 9.43. The van der Waals surface area contributed by atoms with Gasteiger partial charge in [0.05, 0.1) is 12.5 Å². The van der Waals surface area contributed by atoms with Crippen LogP contribution in [0, 0.1) is 5.82 Å². The fourth-order valence-corrected chi connectivity index (χ4v) is 3.36. The van der Waals surface area contributed by atoms with E-state index in [1.807, 2.05) is 24.3 Å². The highest BCUT2D eigenvalue weighted by Crippen LogP contribution is 2.13. The second kappa shape index (κ2) is 8.80. The molecule has 3 rings (SSSR count). The van der Waals surface area contributed by atoms with Gasteiger partial charge in [-0.3, -0.25) is 9.59 Å². The Morgan fingerprint density at radius 2 is 1.70 bits per heavy atom. The number of nitrogens with zero attached hydrogens (tertiary/aromatic N) is 1. The molecule has 142 valence electrons. The number of carbonyl (C=O) groups is 2. The number of nitrogens with one attached hydrogen (secondary N) is 1. The average molecular weight is 368 g/mol. The van der Waals surface area contributed by atoms with Crippen LogP contribution in [-0.2, 0) is 28.9 Å². The summed E-state index contributed by atoms with van der Waals surface area (Å²) in [5.74, 6) is -0.268. The van der Waals surface area contributed by atoms with E-state index in [-0.39, 0.29) is 23.7 Å². The molecular weight excluding hydrogens is 343 g/mol. The Morgan fingerprint density at radius 3 is 2.37 bits per heavy atom. The predicted molar refractivity (Wildman–Crippen MR) is 103 cm³/mol. The zero-order valence-corrected chi connectivity index (χ0v) is 15.6. The zero-order valence-electron chi connectivity index (χ0n) is 15.6. The Hall–Kier alpha value is -2.69. The Labute approximate surface area is 159 Å². The third kappa shape index (κ3) is 5.39. The lowest BCUT2D eigenvalue weighted by molar-refractivity contribution is -0.127. The first kappa shape index (κ1) is 19.1. The Kier molecular flexibility index (Phi) is 6.22. The maximum absolute atomic E-state index is 13.0. The van der Waals surface area contributed by atoms with E-state index in [2.05, 4.69) is 12.2 Å². The standard InChI is InChI=1S/C22H25FN2O2/c1-2-16-3-5-18(6-4-16)13-21(26)24-20-14-22(27)25(15-20)12-11-17-7-9-19(23)10-8-17/h3-10,20H,2,11-15H2,1H3,(H,24,26)/t20-/m1/s1. The maximum atomic E-state index is 13.0. The van der Waals surface area contributed by atoms with Crippen LogP contribution < -0.4 is 5.32 Å². The van der Waals surface area contributed by atoms with Crippen LogP contribution in [0.5, 0.6) is 0 Å². The van der Waals surface area contributed by atoms with Crippen molar-refractivity contribution in [3.63, 3.8) is 0 Å². The van der Waals surface area contributed by atoms with Crippen LogP contribution in [0.15, 0.2) is 48.5 Å². The van der Waals surface area contributed by atoms with E-state index in [0.29, 0.717) is 32.4 Å². The number of amides is 2. The van der Waals surface area contributed by atoms with Crippen molar-refractivity contribution in [3.05, 3.63) is 71.0 Å². The number of hydrogen-bond donors (Lipinski definition) is 1. The van der Waals surface area contributed by atoms with Crippen molar-refractivity contribution in [2.75, 3.05) is 13.1 Å². The Balaban J connectivity index is 1.46. The van der Waals surface area contributed by atoms with Crippen LogP contribution in [0.1, 0.15) is 30.0 Å². The molecule has 0 bridgehead atoms. The van der Waals surface area contributed by atoms with Gasteiger partial charge >= 0.3 is 0 Å². The van der Waals surface area contributed by atoms with E-state index >= 15 is 0 Å². The van der Waals surface area contributed by atoms with Gasteiger partial charge in [-0.15, -0.1) is 0 Å². The number of carbonyl (C=O) groups excluding carboxylic acids is 2. The molecule has 1 saturated heterocycles. The molecule has 4 nitrogen and oxygen atoms in total. The summed E-state index contributed by atoms with van der Waals surface area (Å²) in [6, 6.07) is 14.2. The van der Waals surface area contributed by atoms with Crippen molar-refractivity contribution in [1.29, 1.82) is 0 Å². The van der Waals surface area contributed by atoms with Gasteiger partial charge in [-0.2, -0.15) is 0 Å². The van der Waals surface area contributed by atoms with Crippen molar-refractivity contribution in [3.8, 4) is 0 Å². The van der Waals surface area contributed by atoms with Crippen LogP contribution >= 0.6 is 0 Å². The number of halogens is 1. The Bertz CT molecular complexity index is 787. The molecule has 1 N–H and O–H groups in total. The maximum Gasteiger partial charge on any atom is 0.224 e. The second-order valence-corrected chi connectivity index (χ2v) is 7.03. The van der Waals surface area contributed by atoms with E-state index in [1.54, 1.807) is 17.0 Å². The highest BCUT2D eigenvalue weighted by molar-refractivity contribution is 5.83. The van der Waals surface area contributed by atoms with Gasteiger partial charge in [-0.25, -0.2) is 4.39 Å². The number of aryl methyl sites for hydroxylation is 1. The van der Waals surface area contributed by atoms with Crippen LogP contribution in [0.2, 0.25) is 0 Å². The van der Waals surface area contributed by atoms with Crippen LogP contribution in [-0.4, -0.2) is 35.8 Å². The molecule has 2 amide bonds. The molecule has 0 aliphatic carbocycles. The lowest BCUT2D eigenvalue weighted by Crippen LogP contribution is -2.38. The molecule has 2 aromatic carbocycles. The van der Waals surface area contributed by atoms with Gasteiger partial charge in [0, 0.05) is 19.5 Å². The van der Waals surface area contributed by atoms with E-state index in [0.717, 1.165) is 17.5 Å². The number of hydrogen-bond acceptors (Lipinski definition) is 2. The minimum absolute atomic E-state index is 0.0507. The summed E-state index contributed by atoms with van der Waals surface area (Å²) >= 11 is 0. The number of likely N-dealkylation sites (tertiary alicyclic amines) is 1. The third-order valence-corrected chi connectivity index (χ3v) is 4.96. The fraction of sp³-hybridized carbons (Fsp3) is 0.364. The molecule has 0 unspecified atom stereocenters. The van der Waals surface area contributed by atoms with E-state index in [4.69, 9.17) is 0 Å². The molecular formula is C22H25FN2O2. The quantitative estimate of drug-likeness (QED) is 0.817. The van der Waals surface area contributed by atoms with Crippen LogP contribution in [0.4, 0.5) is 4.39 Å². The monoisotopic (exact) mass is 368 g/mol. The van der Waals surface area contributed by atoms with Gasteiger partial charge in [0.1, 0.15) is 5.82 Å². The molecule has 2 aromatic rings. The molecule has 1 fully saturated rings. The van der Waals surface area contributed by atoms with E-state index in [1.165, 1.54) is 17.7 Å². The van der Waals surface area contributed by atoms with Crippen molar-refractivity contribution in [2.24, 2.45) is 0 Å². The van der Waals surface area contributed by atoms with Crippen molar-refractivity contribution in [1.82, 2.24) is 10.2 Å². The average Bonchev–Trinajstić information content (AvgIpc) is 3.01. The van der Waals surface area contributed by atoms with E-state index < -0.39 is 0 Å². The second-order valence-electron chi connectivity index (χ2n) is 7.03. The normalized spacial score (nSPS) is 16.6. The first-order valence-corrected chi connectivity index (χ1v) is 9.43. The number of benzene rings is 2. The predicted octanol–water partition coefficient (Wildman–Crippen LogP) is 2.89. The highest BCUT2D eigenvalue weighted by Gasteiger charge is 2.30. The first-order chi connectivity index (χ1) is 13.0. The Morgan fingerprint density at radius 1 is 1.07 bits per heavy atom. The van der Waals surface area contributed by atoms with Gasteiger partial charge < -0.3 is 10.2 Å². The molecule has 0 saturated carbocycles. The van der Waals surface area contributed by atoms with Crippen molar-refractivity contribution in [2.45, 2.75) is 38.6 Å². The summed E-state index contributed by atoms with van der Waals surface area (Å²) in [6.45, 7) is 3.20. The molecule has 1 atom stereocenters. The van der Waals surface area contributed by atoms with Crippen LogP contribution in [0.25, 0.3) is 0 Å². The fourth-order valence-electron chi connectivity index (χ4n) is 3.36. The summed E-state index contributed by atoms with van der Waals surface area (Å²) in [4.78, 5) is 26.2. The molecule has 5 heteroatoms. The van der Waals surface area contributed by atoms with E-state index in [9.17, 15) is 14.0 Å². The smallest absolute Gasteiger partial charge is 0.224 e. The topological polar surface area (TPSA) is 49.4 Å². The van der Waals surface area contributed by atoms with Crippen LogP contribution in [0.3, 0.4) is 0 Å². The van der Waals surface area contributed by atoms with Gasteiger partial charge in [0.25, 0.3) is 0 Å². The third-order valence-electron chi connectivity index (χ3n) is 4.96. The van der Waals surface area contributed by atoms with Gasteiger partial charge in [0.15, 0.2) is 0 Å². The summed E-state index contributed by atoms with van der Waals surface area (Å²) < 4.78 is 13.0. The van der Waals surface area contributed by atoms with Crippen molar-refractivity contribution >= 4 is 11.8 Å². The summed E-state index contributed by atoms with van der Waals surface area (Å²) in [6.07, 6.45) is 2.31. The molecule has 1 aliphatic rings. The molecule has 1 heterocycles. The van der Waals surface area contributed by atoms with Crippen molar-refractivity contribution < 1.29 is 14.0 Å². The SMILES string of the molecule is CCc1ccc(CC(=O)N[C@@H]2CC(=O)N(CCc3ccc(F)cc3)C2)cc1. The lowest BCUT2D eigenvalue weighted by atomic mass is 10.1. The minimum atomic E-state index is -0.261. The number of rotatable bonds is 7. The minimum Gasteiger partial charge on any atom is -0.351 e. The summed E-state index contributed by atoms with van der Waals surface area (Å²) in [5, 5.41) is 2.97. The summed E-state index contributed by atoms with van der Waals surface area (Å²) in [5.41, 5.74) is 3.21. The lowest BCUT2D eigenvalue weighted by Gasteiger charge is -2.17. The molecule has 0 aromatic heterocycles. The molecule has 0 spiro atoms. The van der Waals surface area contributed by atoms with Gasteiger partial charge in [-0.1, -0.05) is 43.3 Å².